The fourth-order valence-electron chi connectivity index (χ4n) is 2.99. The standard InChI is InChI=1S/C16H23N3O/c1-10(2)16(5-6-16)9-18-14-7-11-3-4-15(20)19-13(11)8-12(14)17/h7-8,10,18H,3-6,9,17H2,1-2H3,(H,19,20). The van der Waals surface area contributed by atoms with E-state index >= 15 is 0 Å². The Morgan fingerprint density at radius 2 is 2.10 bits per heavy atom. The first-order chi connectivity index (χ1) is 9.50. The Bertz CT molecular complexity index is 547. The number of nitrogens with two attached hydrogens (primary N) is 1. The highest BCUT2D eigenvalue weighted by Gasteiger charge is 2.44. The van der Waals surface area contributed by atoms with Crippen LogP contribution in [0, 0.1) is 11.3 Å². The normalized spacial score (nSPS) is 19.4. The number of anilines is 3. The predicted octanol–water partition coefficient (Wildman–Crippen LogP) is 3.00. The van der Waals surface area contributed by atoms with Gasteiger partial charge in [0.05, 0.1) is 11.4 Å². The summed E-state index contributed by atoms with van der Waals surface area (Å²) in [6.07, 6.45) is 3.97. The number of nitrogens with one attached hydrogen (secondary N) is 2. The van der Waals surface area contributed by atoms with Gasteiger partial charge in [-0.25, -0.2) is 0 Å². The highest BCUT2D eigenvalue weighted by Crippen LogP contribution is 2.52. The van der Waals surface area contributed by atoms with Gasteiger partial charge in [-0.3, -0.25) is 4.79 Å². The highest BCUT2D eigenvalue weighted by atomic mass is 16.1. The largest absolute Gasteiger partial charge is 0.397 e. The van der Waals surface area contributed by atoms with Gasteiger partial charge in [-0.05, 0) is 48.3 Å². The molecule has 0 unspecified atom stereocenters. The number of fused-ring (bicyclic) bond motifs is 1. The van der Waals surface area contributed by atoms with Gasteiger partial charge in [0.2, 0.25) is 5.91 Å². The molecule has 1 saturated carbocycles. The van der Waals surface area contributed by atoms with Crippen molar-refractivity contribution in [2.45, 2.75) is 39.5 Å². The molecule has 3 rings (SSSR count). The molecule has 0 bridgehead atoms. The van der Waals surface area contributed by atoms with E-state index in [1.54, 1.807) is 0 Å². The molecule has 108 valence electrons. The van der Waals surface area contributed by atoms with E-state index in [9.17, 15) is 4.79 Å². The number of carbonyl (C=O) groups is 1. The van der Waals surface area contributed by atoms with Crippen molar-refractivity contribution in [2.24, 2.45) is 11.3 Å². The third-order valence-electron chi connectivity index (χ3n) is 4.92. The molecule has 4 nitrogen and oxygen atoms in total. The van der Waals surface area contributed by atoms with Crippen molar-refractivity contribution in [3.8, 4) is 0 Å². The van der Waals surface area contributed by atoms with Gasteiger partial charge in [0.25, 0.3) is 0 Å². The van der Waals surface area contributed by atoms with E-state index in [0.29, 0.717) is 23.4 Å². The van der Waals surface area contributed by atoms with E-state index in [4.69, 9.17) is 5.73 Å². The lowest BCUT2D eigenvalue weighted by molar-refractivity contribution is -0.116. The molecule has 0 atom stereocenters. The minimum Gasteiger partial charge on any atom is -0.397 e. The van der Waals surface area contributed by atoms with Crippen LogP contribution in [0.2, 0.25) is 0 Å². The van der Waals surface area contributed by atoms with Gasteiger partial charge in [-0.15, -0.1) is 0 Å². The van der Waals surface area contributed by atoms with Crippen LogP contribution in [0.5, 0.6) is 0 Å². The van der Waals surface area contributed by atoms with Gasteiger partial charge in [0, 0.05) is 18.7 Å². The monoisotopic (exact) mass is 273 g/mol. The molecule has 1 aliphatic carbocycles. The van der Waals surface area contributed by atoms with Crippen LogP contribution in [-0.4, -0.2) is 12.5 Å². The molecule has 1 heterocycles. The van der Waals surface area contributed by atoms with Crippen LogP contribution in [0.4, 0.5) is 17.1 Å². The first-order valence-electron chi connectivity index (χ1n) is 7.46. The van der Waals surface area contributed by atoms with Crippen LogP contribution < -0.4 is 16.4 Å². The lowest BCUT2D eigenvalue weighted by Crippen LogP contribution is -2.22. The number of benzene rings is 1. The van der Waals surface area contributed by atoms with Gasteiger partial charge in [-0.1, -0.05) is 13.8 Å². The van der Waals surface area contributed by atoms with Gasteiger partial charge in [0.15, 0.2) is 0 Å². The summed E-state index contributed by atoms with van der Waals surface area (Å²) in [5, 5.41) is 6.40. The average Bonchev–Trinajstić information content (AvgIpc) is 3.17. The molecule has 1 aliphatic heterocycles. The first-order valence-corrected chi connectivity index (χ1v) is 7.46. The Kier molecular flexibility index (Phi) is 3.11. The zero-order chi connectivity index (χ0) is 14.3. The molecule has 4 heteroatoms. The van der Waals surface area contributed by atoms with Crippen LogP contribution in [-0.2, 0) is 11.2 Å². The van der Waals surface area contributed by atoms with Crippen molar-refractivity contribution < 1.29 is 4.79 Å². The van der Waals surface area contributed by atoms with E-state index in [1.165, 1.54) is 18.4 Å². The Labute approximate surface area is 120 Å². The van der Waals surface area contributed by atoms with Gasteiger partial charge >= 0.3 is 0 Å². The zero-order valence-corrected chi connectivity index (χ0v) is 12.3. The number of aryl methyl sites for hydroxylation is 1. The molecule has 0 spiro atoms. The molecule has 1 amide bonds. The van der Waals surface area contributed by atoms with E-state index in [0.717, 1.165) is 24.3 Å². The predicted molar refractivity (Wildman–Crippen MR) is 82.8 cm³/mol. The lowest BCUT2D eigenvalue weighted by atomic mass is 9.92. The zero-order valence-electron chi connectivity index (χ0n) is 12.3. The highest BCUT2D eigenvalue weighted by molar-refractivity contribution is 5.95. The maximum atomic E-state index is 11.4. The van der Waals surface area contributed by atoms with E-state index in [2.05, 4.69) is 30.5 Å². The molecular formula is C16H23N3O. The molecule has 0 saturated heterocycles. The number of rotatable bonds is 4. The topological polar surface area (TPSA) is 67.2 Å². The van der Waals surface area contributed by atoms with Crippen molar-refractivity contribution in [3.05, 3.63) is 17.7 Å². The van der Waals surface area contributed by atoms with Crippen molar-refractivity contribution >= 4 is 23.0 Å². The van der Waals surface area contributed by atoms with E-state index in [1.807, 2.05) is 6.07 Å². The number of hydrogen-bond acceptors (Lipinski definition) is 3. The van der Waals surface area contributed by atoms with Crippen molar-refractivity contribution in [3.63, 3.8) is 0 Å². The third kappa shape index (κ3) is 2.35. The van der Waals surface area contributed by atoms with Crippen LogP contribution in [0.15, 0.2) is 12.1 Å². The van der Waals surface area contributed by atoms with Crippen LogP contribution in [0.1, 0.15) is 38.7 Å². The molecule has 0 aromatic heterocycles. The second-order valence-corrected chi connectivity index (χ2v) is 6.52. The fourth-order valence-corrected chi connectivity index (χ4v) is 2.99. The second-order valence-electron chi connectivity index (χ2n) is 6.52. The smallest absolute Gasteiger partial charge is 0.224 e. The quantitative estimate of drug-likeness (QED) is 0.739. The number of amides is 1. The maximum Gasteiger partial charge on any atom is 0.224 e. The molecular weight excluding hydrogens is 250 g/mol. The van der Waals surface area contributed by atoms with E-state index < -0.39 is 0 Å². The van der Waals surface area contributed by atoms with Crippen LogP contribution >= 0.6 is 0 Å². The fraction of sp³-hybridized carbons (Fsp3) is 0.562. The third-order valence-corrected chi connectivity index (χ3v) is 4.92. The second kappa shape index (κ2) is 4.69. The molecule has 20 heavy (non-hydrogen) atoms. The Balaban J connectivity index is 1.76. The Morgan fingerprint density at radius 1 is 1.35 bits per heavy atom. The molecule has 1 aromatic carbocycles. The average molecular weight is 273 g/mol. The minimum atomic E-state index is 0.0781. The summed E-state index contributed by atoms with van der Waals surface area (Å²) in [5.41, 5.74) is 10.3. The maximum absolute atomic E-state index is 11.4. The molecule has 1 fully saturated rings. The summed E-state index contributed by atoms with van der Waals surface area (Å²) in [6.45, 7) is 5.57. The Hall–Kier alpha value is -1.71. The van der Waals surface area contributed by atoms with Crippen molar-refractivity contribution in [1.29, 1.82) is 0 Å². The molecule has 0 radical (unpaired) electrons. The number of hydrogen-bond donors (Lipinski definition) is 3. The molecule has 4 N–H and O–H groups in total. The molecule has 2 aliphatic rings. The summed E-state index contributed by atoms with van der Waals surface area (Å²) in [4.78, 5) is 11.4. The van der Waals surface area contributed by atoms with Gasteiger partial charge in [0.1, 0.15) is 0 Å². The summed E-state index contributed by atoms with van der Waals surface area (Å²) >= 11 is 0. The number of nitrogen functional groups attached to an aromatic ring is 1. The summed E-state index contributed by atoms with van der Waals surface area (Å²) in [5.74, 6) is 0.780. The minimum absolute atomic E-state index is 0.0781. The lowest BCUT2D eigenvalue weighted by Gasteiger charge is -2.23. The summed E-state index contributed by atoms with van der Waals surface area (Å²) < 4.78 is 0. The first kappa shape index (κ1) is 13.3. The van der Waals surface area contributed by atoms with Crippen LogP contribution in [0.25, 0.3) is 0 Å². The molecule has 1 aromatic rings. The summed E-state index contributed by atoms with van der Waals surface area (Å²) in [7, 11) is 0. The van der Waals surface area contributed by atoms with Crippen LogP contribution in [0.3, 0.4) is 0 Å². The van der Waals surface area contributed by atoms with Crippen molar-refractivity contribution in [2.75, 3.05) is 22.9 Å². The summed E-state index contributed by atoms with van der Waals surface area (Å²) in [6, 6.07) is 3.98. The van der Waals surface area contributed by atoms with E-state index in [-0.39, 0.29) is 5.91 Å². The SMILES string of the molecule is CC(C)C1(CNc2cc3c(cc2N)NC(=O)CC3)CC1. The van der Waals surface area contributed by atoms with Crippen molar-refractivity contribution in [1.82, 2.24) is 0 Å². The number of carbonyl (C=O) groups excluding carboxylic acids is 1. The Morgan fingerprint density at radius 3 is 2.75 bits per heavy atom. The van der Waals surface area contributed by atoms with Gasteiger partial charge in [-0.2, -0.15) is 0 Å². The van der Waals surface area contributed by atoms with Gasteiger partial charge < -0.3 is 16.4 Å².